The van der Waals surface area contributed by atoms with Crippen LogP contribution in [0.5, 0.6) is 5.75 Å². The standard InChI is InChI=1S/C20H28N2O4S/c1-13(2)20-22-17(12-27-20)18(23)10-21-14(3)9-15-5-7-16(8-6-15)26-11-19(24)25-4/h5-8,12-14,18,21,23H,9-11H2,1-4H3. The van der Waals surface area contributed by atoms with Gasteiger partial charge in [0, 0.05) is 23.9 Å². The van der Waals surface area contributed by atoms with Crippen molar-refractivity contribution >= 4 is 17.3 Å². The van der Waals surface area contributed by atoms with Crippen LogP contribution in [0.15, 0.2) is 29.6 Å². The molecule has 0 radical (unpaired) electrons. The molecule has 0 bridgehead atoms. The van der Waals surface area contributed by atoms with E-state index in [0.29, 0.717) is 18.2 Å². The van der Waals surface area contributed by atoms with Crippen LogP contribution in [-0.2, 0) is 16.0 Å². The van der Waals surface area contributed by atoms with Crippen molar-refractivity contribution < 1.29 is 19.4 Å². The zero-order valence-electron chi connectivity index (χ0n) is 16.3. The summed E-state index contributed by atoms with van der Waals surface area (Å²) in [6, 6.07) is 7.81. The Bertz CT molecular complexity index is 715. The largest absolute Gasteiger partial charge is 0.482 e. The minimum absolute atomic E-state index is 0.0964. The lowest BCUT2D eigenvalue weighted by molar-refractivity contribution is -0.142. The number of esters is 1. The van der Waals surface area contributed by atoms with Gasteiger partial charge in [0.05, 0.1) is 17.8 Å². The molecule has 0 saturated carbocycles. The van der Waals surface area contributed by atoms with Crippen LogP contribution in [0.1, 0.15) is 49.1 Å². The van der Waals surface area contributed by atoms with E-state index in [4.69, 9.17) is 4.74 Å². The summed E-state index contributed by atoms with van der Waals surface area (Å²) in [6.45, 7) is 6.64. The van der Waals surface area contributed by atoms with E-state index in [0.717, 1.165) is 22.7 Å². The lowest BCUT2D eigenvalue weighted by Gasteiger charge is -2.16. The Hall–Kier alpha value is -1.96. The molecule has 148 valence electrons. The summed E-state index contributed by atoms with van der Waals surface area (Å²) in [5.74, 6) is 0.600. The molecule has 1 aromatic heterocycles. The van der Waals surface area contributed by atoms with Crippen molar-refractivity contribution in [3.63, 3.8) is 0 Å². The summed E-state index contributed by atoms with van der Waals surface area (Å²) in [5.41, 5.74) is 1.88. The van der Waals surface area contributed by atoms with Crippen molar-refractivity contribution in [2.75, 3.05) is 20.3 Å². The van der Waals surface area contributed by atoms with Crippen molar-refractivity contribution in [3.05, 3.63) is 45.9 Å². The van der Waals surface area contributed by atoms with Gasteiger partial charge in [0.1, 0.15) is 11.9 Å². The van der Waals surface area contributed by atoms with E-state index in [1.165, 1.54) is 7.11 Å². The molecule has 2 aromatic rings. The molecule has 0 spiro atoms. The molecule has 2 N–H and O–H groups in total. The average Bonchev–Trinajstić information content (AvgIpc) is 3.16. The predicted molar refractivity (Wildman–Crippen MR) is 106 cm³/mol. The van der Waals surface area contributed by atoms with Gasteiger partial charge in [-0.05, 0) is 31.0 Å². The monoisotopic (exact) mass is 392 g/mol. The first-order valence-corrected chi connectivity index (χ1v) is 9.92. The Morgan fingerprint density at radius 2 is 1.96 bits per heavy atom. The summed E-state index contributed by atoms with van der Waals surface area (Å²) in [4.78, 5) is 15.6. The summed E-state index contributed by atoms with van der Waals surface area (Å²) in [6.07, 6.45) is 0.212. The number of aliphatic hydroxyl groups excluding tert-OH is 1. The second kappa shape index (κ2) is 10.4. The number of carbonyl (C=O) groups is 1. The highest BCUT2D eigenvalue weighted by Gasteiger charge is 2.14. The van der Waals surface area contributed by atoms with E-state index in [1.807, 2.05) is 29.6 Å². The van der Waals surface area contributed by atoms with Crippen LogP contribution >= 0.6 is 11.3 Å². The molecule has 7 heteroatoms. The zero-order valence-corrected chi connectivity index (χ0v) is 17.1. The molecular weight excluding hydrogens is 364 g/mol. The third-order valence-electron chi connectivity index (χ3n) is 4.08. The number of thiazole rings is 1. The molecule has 1 aromatic carbocycles. The van der Waals surface area contributed by atoms with E-state index in [1.54, 1.807) is 11.3 Å². The Kier molecular flexibility index (Phi) is 8.22. The van der Waals surface area contributed by atoms with Gasteiger partial charge in [-0.25, -0.2) is 9.78 Å². The second-order valence-corrected chi connectivity index (χ2v) is 7.69. The minimum Gasteiger partial charge on any atom is -0.482 e. The van der Waals surface area contributed by atoms with Crippen molar-refractivity contribution in [2.24, 2.45) is 0 Å². The molecule has 6 nitrogen and oxygen atoms in total. The van der Waals surface area contributed by atoms with E-state index in [9.17, 15) is 9.90 Å². The van der Waals surface area contributed by atoms with Gasteiger partial charge in [0.25, 0.3) is 0 Å². The Labute approximate surface area is 164 Å². The first-order chi connectivity index (χ1) is 12.9. The third kappa shape index (κ3) is 6.93. The second-order valence-electron chi connectivity index (χ2n) is 6.80. The number of aromatic nitrogens is 1. The third-order valence-corrected chi connectivity index (χ3v) is 5.25. The van der Waals surface area contributed by atoms with Crippen molar-refractivity contribution in [2.45, 2.75) is 45.3 Å². The molecule has 2 atom stereocenters. The van der Waals surface area contributed by atoms with Gasteiger partial charge >= 0.3 is 5.97 Å². The fourth-order valence-corrected chi connectivity index (χ4v) is 3.37. The molecule has 0 aliphatic rings. The minimum atomic E-state index is -0.606. The van der Waals surface area contributed by atoms with Crippen LogP contribution < -0.4 is 10.1 Å². The smallest absolute Gasteiger partial charge is 0.343 e. The molecule has 0 aliphatic heterocycles. The number of nitrogens with one attached hydrogen (secondary N) is 1. The number of benzene rings is 1. The fourth-order valence-electron chi connectivity index (χ4n) is 2.48. The molecule has 0 aliphatic carbocycles. The van der Waals surface area contributed by atoms with E-state index < -0.39 is 12.1 Å². The topological polar surface area (TPSA) is 80.7 Å². The first kappa shape index (κ1) is 21.3. The van der Waals surface area contributed by atoms with Gasteiger partial charge in [-0.2, -0.15) is 0 Å². The lowest BCUT2D eigenvalue weighted by Crippen LogP contribution is -2.32. The molecule has 1 heterocycles. The highest BCUT2D eigenvalue weighted by atomic mass is 32.1. The van der Waals surface area contributed by atoms with E-state index >= 15 is 0 Å². The van der Waals surface area contributed by atoms with E-state index in [2.05, 4.69) is 35.8 Å². The number of aliphatic hydroxyl groups is 1. The van der Waals surface area contributed by atoms with Gasteiger partial charge in [-0.15, -0.1) is 11.3 Å². The highest BCUT2D eigenvalue weighted by Crippen LogP contribution is 2.22. The van der Waals surface area contributed by atoms with Crippen molar-refractivity contribution in [3.8, 4) is 5.75 Å². The Morgan fingerprint density at radius 1 is 1.26 bits per heavy atom. The number of nitrogens with zero attached hydrogens (tertiary/aromatic N) is 1. The van der Waals surface area contributed by atoms with Crippen molar-refractivity contribution in [1.82, 2.24) is 10.3 Å². The molecule has 0 amide bonds. The molecule has 2 rings (SSSR count). The van der Waals surface area contributed by atoms with Crippen LogP contribution in [0.4, 0.5) is 0 Å². The number of ether oxygens (including phenoxy) is 2. The van der Waals surface area contributed by atoms with Crippen molar-refractivity contribution in [1.29, 1.82) is 0 Å². The predicted octanol–water partition coefficient (Wildman–Crippen LogP) is 3.07. The van der Waals surface area contributed by atoms with E-state index in [-0.39, 0.29) is 12.6 Å². The van der Waals surface area contributed by atoms with Gasteiger partial charge in [0.15, 0.2) is 6.61 Å². The summed E-state index contributed by atoms with van der Waals surface area (Å²) in [7, 11) is 1.33. The molecule has 0 saturated heterocycles. The first-order valence-electron chi connectivity index (χ1n) is 9.04. The summed E-state index contributed by atoms with van der Waals surface area (Å²) < 4.78 is 9.88. The van der Waals surface area contributed by atoms with Crippen LogP contribution in [0.3, 0.4) is 0 Å². The van der Waals surface area contributed by atoms with Crippen LogP contribution in [0.2, 0.25) is 0 Å². The zero-order chi connectivity index (χ0) is 19.8. The SMILES string of the molecule is COC(=O)COc1ccc(CC(C)NCC(O)c2csc(C(C)C)n2)cc1. The maximum Gasteiger partial charge on any atom is 0.343 e. The molecular formula is C20H28N2O4S. The summed E-state index contributed by atoms with van der Waals surface area (Å²) in [5, 5.41) is 16.6. The fraction of sp³-hybridized carbons (Fsp3) is 0.500. The number of carbonyl (C=O) groups excluding carboxylic acids is 1. The number of hydrogen-bond acceptors (Lipinski definition) is 7. The molecule has 27 heavy (non-hydrogen) atoms. The number of hydrogen-bond donors (Lipinski definition) is 2. The van der Waals surface area contributed by atoms with Crippen LogP contribution in [0.25, 0.3) is 0 Å². The van der Waals surface area contributed by atoms with Gasteiger partial charge in [-0.3, -0.25) is 0 Å². The lowest BCUT2D eigenvalue weighted by atomic mass is 10.1. The maximum atomic E-state index is 11.1. The van der Waals surface area contributed by atoms with Gasteiger partial charge < -0.3 is 19.9 Å². The molecule has 2 unspecified atom stereocenters. The van der Waals surface area contributed by atoms with Crippen LogP contribution in [0, 0.1) is 0 Å². The van der Waals surface area contributed by atoms with Gasteiger partial charge in [0.2, 0.25) is 0 Å². The number of methoxy groups -OCH3 is 1. The Balaban J connectivity index is 1.77. The van der Waals surface area contributed by atoms with Crippen LogP contribution in [-0.4, -0.2) is 42.4 Å². The quantitative estimate of drug-likeness (QED) is 0.605. The maximum absolute atomic E-state index is 11.1. The highest BCUT2D eigenvalue weighted by molar-refractivity contribution is 7.09. The van der Waals surface area contributed by atoms with Gasteiger partial charge in [-0.1, -0.05) is 26.0 Å². The Morgan fingerprint density at radius 3 is 2.56 bits per heavy atom. The number of rotatable bonds is 10. The normalized spacial score (nSPS) is 13.4. The summed E-state index contributed by atoms with van der Waals surface area (Å²) >= 11 is 1.59. The molecule has 0 fully saturated rings. The average molecular weight is 393 g/mol.